The molecule has 8 heteroatoms. The molecule has 2 aliphatic heterocycles. The molecule has 222 valence electrons. The molecule has 3 N–H and O–H groups in total. The van der Waals surface area contributed by atoms with E-state index in [4.69, 9.17) is 9.47 Å². The van der Waals surface area contributed by atoms with Crippen LogP contribution in [-0.2, 0) is 20.7 Å². The van der Waals surface area contributed by atoms with Crippen LogP contribution in [0.5, 0.6) is 0 Å². The summed E-state index contributed by atoms with van der Waals surface area (Å²) in [7, 11) is 0. The molecule has 2 aliphatic carbocycles. The minimum absolute atomic E-state index is 0.0321. The van der Waals surface area contributed by atoms with Crippen LogP contribution < -0.4 is 10.6 Å². The lowest BCUT2D eigenvalue weighted by Crippen LogP contribution is -2.60. The number of carbonyl (C=O) groups is 2. The minimum Gasteiger partial charge on any atom is -0.446 e. The number of alkyl carbamates (subject to hydrolysis) is 1. The maximum absolute atomic E-state index is 13.5. The van der Waals surface area contributed by atoms with Crippen LogP contribution in [0.25, 0.3) is 0 Å². The quantitative estimate of drug-likeness (QED) is 0.448. The van der Waals surface area contributed by atoms with Crippen LogP contribution in [0.2, 0.25) is 0 Å². The highest BCUT2D eigenvalue weighted by atomic mass is 16.6. The molecule has 5 rings (SSSR count). The molecule has 2 heterocycles. The topological polar surface area (TPSA) is 100 Å². The zero-order chi connectivity index (χ0) is 28.3. The van der Waals surface area contributed by atoms with Crippen molar-refractivity contribution < 1.29 is 24.2 Å². The lowest BCUT2D eigenvalue weighted by atomic mass is 9.72. The SMILES string of the molecule is CC(C)(C)NC(=O)[C@@H]1C[C@@H]2CCCC[C@@H]2CN1C[C@@H](O)[C@H](Cc1ccccc1)NC(=O)OC1CC2CCO[C@@H]2C1. The van der Waals surface area contributed by atoms with Crippen molar-refractivity contribution in [1.29, 1.82) is 0 Å². The average Bonchev–Trinajstić information content (AvgIpc) is 3.49. The van der Waals surface area contributed by atoms with Gasteiger partial charge in [-0.3, -0.25) is 9.69 Å². The third kappa shape index (κ3) is 7.56. The van der Waals surface area contributed by atoms with E-state index in [0.717, 1.165) is 44.4 Å². The van der Waals surface area contributed by atoms with E-state index < -0.39 is 18.2 Å². The summed E-state index contributed by atoms with van der Waals surface area (Å²) in [6.45, 7) is 7.94. The Kier molecular flexibility index (Phi) is 9.38. The molecule has 0 aromatic heterocycles. The Bertz CT molecular complexity index is 986. The summed E-state index contributed by atoms with van der Waals surface area (Å²) in [6.07, 6.45) is 7.43. The van der Waals surface area contributed by atoms with E-state index in [-0.39, 0.29) is 29.7 Å². The van der Waals surface area contributed by atoms with Crippen LogP contribution in [0.1, 0.15) is 77.7 Å². The van der Waals surface area contributed by atoms with Gasteiger partial charge in [-0.25, -0.2) is 4.79 Å². The fourth-order valence-electron chi connectivity index (χ4n) is 7.49. The summed E-state index contributed by atoms with van der Waals surface area (Å²) in [4.78, 5) is 28.7. The molecule has 8 atom stereocenters. The van der Waals surface area contributed by atoms with E-state index in [1.54, 1.807) is 0 Å². The highest BCUT2D eigenvalue weighted by molar-refractivity contribution is 5.82. The molecule has 2 saturated heterocycles. The number of likely N-dealkylation sites (tertiary alicyclic amines) is 1. The predicted molar refractivity (Wildman–Crippen MR) is 154 cm³/mol. The molecule has 0 spiro atoms. The van der Waals surface area contributed by atoms with Gasteiger partial charge in [-0.15, -0.1) is 0 Å². The molecule has 4 aliphatic rings. The first-order valence-electron chi connectivity index (χ1n) is 15.5. The van der Waals surface area contributed by atoms with Gasteiger partial charge in [0, 0.05) is 31.7 Å². The highest BCUT2D eigenvalue weighted by Gasteiger charge is 2.43. The van der Waals surface area contributed by atoms with Crippen molar-refractivity contribution in [1.82, 2.24) is 15.5 Å². The Morgan fingerprint density at radius 1 is 1.05 bits per heavy atom. The fourth-order valence-corrected chi connectivity index (χ4v) is 7.49. The first kappa shape index (κ1) is 29.3. The van der Waals surface area contributed by atoms with Gasteiger partial charge in [0.25, 0.3) is 0 Å². The van der Waals surface area contributed by atoms with Crippen molar-refractivity contribution in [2.45, 2.75) is 114 Å². The Hall–Kier alpha value is -2.16. The molecule has 0 bridgehead atoms. The van der Waals surface area contributed by atoms with Crippen LogP contribution in [0.15, 0.2) is 30.3 Å². The molecule has 2 unspecified atom stereocenters. The first-order valence-corrected chi connectivity index (χ1v) is 15.5. The average molecular weight is 556 g/mol. The molecule has 0 radical (unpaired) electrons. The van der Waals surface area contributed by atoms with Gasteiger partial charge in [0.15, 0.2) is 0 Å². The van der Waals surface area contributed by atoms with Crippen molar-refractivity contribution in [3.8, 4) is 0 Å². The van der Waals surface area contributed by atoms with E-state index in [0.29, 0.717) is 30.7 Å². The predicted octanol–water partition coefficient (Wildman–Crippen LogP) is 4.05. The van der Waals surface area contributed by atoms with Gasteiger partial charge in [0.05, 0.1) is 24.3 Å². The molecule has 1 aromatic carbocycles. The van der Waals surface area contributed by atoms with Gasteiger partial charge in [-0.05, 0) is 76.2 Å². The lowest BCUT2D eigenvalue weighted by Gasteiger charge is -2.47. The van der Waals surface area contributed by atoms with Gasteiger partial charge in [0.2, 0.25) is 5.91 Å². The van der Waals surface area contributed by atoms with E-state index >= 15 is 0 Å². The van der Waals surface area contributed by atoms with Gasteiger partial charge < -0.3 is 25.2 Å². The van der Waals surface area contributed by atoms with Gasteiger partial charge in [0.1, 0.15) is 6.10 Å². The van der Waals surface area contributed by atoms with Crippen LogP contribution in [0, 0.1) is 17.8 Å². The van der Waals surface area contributed by atoms with Crippen molar-refractivity contribution in [3.63, 3.8) is 0 Å². The van der Waals surface area contributed by atoms with Crippen molar-refractivity contribution in [3.05, 3.63) is 35.9 Å². The number of β-amino-alcohol motifs (C(OH)–C–C–N with tert-alkyl or cyclic N) is 1. The van der Waals surface area contributed by atoms with Crippen molar-refractivity contribution in [2.24, 2.45) is 17.8 Å². The number of benzene rings is 1. The molecular formula is C32H49N3O5. The van der Waals surface area contributed by atoms with Crippen molar-refractivity contribution >= 4 is 12.0 Å². The first-order chi connectivity index (χ1) is 19.1. The second-order valence-corrected chi connectivity index (χ2v) is 13.7. The molecular weight excluding hydrogens is 506 g/mol. The Morgan fingerprint density at radius 3 is 2.52 bits per heavy atom. The summed E-state index contributed by atoms with van der Waals surface area (Å²) in [6, 6.07) is 9.09. The standard InChI is InChI=1S/C32H49N3O5/c1-32(2,3)34-30(37)27-17-22-11-7-8-12-24(22)19-35(27)20-28(36)26(15-21-9-5-4-6-10-21)33-31(38)40-25-16-23-13-14-39-29(23)18-25/h4-6,9-10,22-29,36H,7-8,11-20H2,1-3H3,(H,33,38)(H,34,37)/t22-,23?,24+,25?,26-,27-,28+,29+/m0/s1. The minimum atomic E-state index is -0.857. The normalized spacial score (nSPS) is 32.0. The van der Waals surface area contributed by atoms with Crippen LogP contribution in [-0.4, -0.2) is 77.6 Å². The summed E-state index contributed by atoms with van der Waals surface area (Å²) in [5.74, 6) is 1.61. The number of aliphatic hydroxyl groups is 1. The number of fused-ring (bicyclic) bond motifs is 2. The number of aliphatic hydroxyl groups excluding tert-OH is 1. The largest absolute Gasteiger partial charge is 0.446 e. The number of amides is 2. The molecule has 1 aromatic rings. The molecule has 40 heavy (non-hydrogen) atoms. The number of piperidine rings is 1. The summed E-state index contributed by atoms with van der Waals surface area (Å²) in [5.41, 5.74) is 0.707. The van der Waals surface area contributed by atoms with Gasteiger partial charge in [-0.1, -0.05) is 49.6 Å². The van der Waals surface area contributed by atoms with Crippen LogP contribution in [0.3, 0.4) is 0 Å². The highest BCUT2D eigenvalue weighted by Crippen LogP contribution is 2.39. The number of hydrogen-bond donors (Lipinski definition) is 3. The summed E-state index contributed by atoms with van der Waals surface area (Å²) < 4.78 is 11.6. The third-order valence-corrected chi connectivity index (χ3v) is 9.47. The number of nitrogens with zero attached hydrogens (tertiary/aromatic N) is 1. The Morgan fingerprint density at radius 2 is 1.80 bits per heavy atom. The molecule has 8 nitrogen and oxygen atoms in total. The second-order valence-electron chi connectivity index (χ2n) is 13.7. The number of rotatable bonds is 8. The Balaban J connectivity index is 1.27. The summed E-state index contributed by atoms with van der Waals surface area (Å²) >= 11 is 0. The monoisotopic (exact) mass is 555 g/mol. The van der Waals surface area contributed by atoms with Gasteiger partial charge in [-0.2, -0.15) is 0 Å². The number of ether oxygens (including phenoxy) is 2. The molecule has 2 amide bonds. The zero-order valence-corrected chi connectivity index (χ0v) is 24.5. The van der Waals surface area contributed by atoms with E-state index in [9.17, 15) is 14.7 Å². The number of nitrogens with one attached hydrogen (secondary N) is 2. The summed E-state index contributed by atoms with van der Waals surface area (Å²) in [5, 5.41) is 17.8. The molecule has 4 fully saturated rings. The fraction of sp³-hybridized carbons (Fsp3) is 0.750. The third-order valence-electron chi connectivity index (χ3n) is 9.47. The van der Waals surface area contributed by atoms with Crippen LogP contribution >= 0.6 is 0 Å². The second kappa shape index (κ2) is 12.8. The number of hydrogen-bond acceptors (Lipinski definition) is 6. The maximum Gasteiger partial charge on any atom is 0.407 e. The number of carbonyl (C=O) groups excluding carboxylic acids is 2. The Labute approximate surface area is 239 Å². The van der Waals surface area contributed by atoms with Crippen molar-refractivity contribution in [2.75, 3.05) is 19.7 Å². The maximum atomic E-state index is 13.5. The zero-order valence-electron chi connectivity index (χ0n) is 24.5. The smallest absolute Gasteiger partial charge is 0.407 e. The lowest BCUT2D eigenvalue weighted by molar-refractivity contribution is -0.132. The van der Waals surface area contributed by atoms with E-state index in [1.807, 2.05) is 51.1 Å². The van der Waals surface area contributed by atoms with Gasteiger partial charge >= 0.3 is 6.09 Å². The molecule has 2 saturated carbocycles. The van der Waals surface area contributed by atoms with Crippen LogP contribution in [0.4, 0.5) is 4.79 Å². The van der Waals surface area contributed by atoms with E-state index in [1.165, 1.54) is 25.7 Å². The van der Waals surface area contributed by atoms with E-state index in [2.05, 4.69) is 15.5 Å².